The molecule has 0 fully saturated rings. The fourth-order valence-electron chi connectivity index (χ4n) is 1.63. The van der Waals surface area contributed by atoms with Gasteiger partial charge >= 0.3 is 0 Å². The number of hydrogen-bond donors (Lipinski definition) is 2. The molecule has 0 unspecified atom stereocenters. The molecule has 0 saturated heterocycles. The van der Waals surface area contributed by atoms with Crippen LogP contribution in [0.3, 0.4) is 0 Å². The quantitative estimate of drug-likeness (QED) is 0.864. The molecule has 100 valence electrons. The van der Waals surface area contributed by atoms with Gasteiger partial charge in [0.1, 0.15) is 11.6 Å². The van der Waals surface area contributed by atoms with Crippen molar-refractivity contribution in [1.82, 2.24) is 4.98 Å². The summed E-state index contributed by atoms with van der Waals surface area (Å²) in [7, 11) is 1.54. The number of pyridine rings is 1. The van der Waals surface area contributed by atoms with Crippen LogP contribution in [0.15, 0.2) is 36.4 Å². The highest BCUT2D eigenvalue weighted by Gasteiger charge is 2.03. The lowest BCUT2D eigenvalue weighted by atomic mass is 10.3. The van der Waals surface area contributed by atoms with Gasteiger partial charge in [-0.05, 0) is 43.3 Å². The summed E-state index contributed by atoms with van der Waals surface area (Å²) in [6, 6.07) is 11.2. The Kier molecular flexibility index (Phi) is 4.07. The highest BCUT2D eigenvalue weighted by molar-refractivity contribution is 5.61. The van der Waals surface area contributed by atoms with Crippen LogP contribution < -0.4 is 20.5 Å². The standard InChI is InChI=1S/C14H17N3O2/c1-3-19-11-6-4-10(5-7-11)16-13-9-8-12(15)14(17-13)18-2/h4-9H,3,15H2,1-2H3,(H,16,17). The van der Waals surface area contributed by atoms with Crippen LogP contribution in [0.2, 0.25) is 0 Å². The van der Waals surface area contributed by atoms with Crippen LogP contribution in [0.5, 0.6) is 11.6 Å². The van der Waals surface area contributed by atoms with Crippen molar-refractivity contribution >= 4 is 17.2 Å². The van der Waals surface area contributed by atoms with Crippen LogP contribution in [-0.4, -0.2) is 18.7 Å². The van der Waals surface area contributed by atoms with E-state index in [9.17, 15) is 0 Å². The first kappa shape index (κ1) is 13.0. The molecule has 0 spiro atoms. The zero-order valence-electron chi connectivity index (χ0n) is 11.0. The molecule has 5 heteroatoms. The Morgan fingerprint density at radius 1 is 1.16 bits per heavy atom. The van der Waals surface area contributed by atoms with Crippen LogP contribution in [0.25, 0.3) is 0 Å². The second-order valence-corrected chi connectivity index (χ2v) is 3.88. The lowest BCUT2D eigenvalue weighted by molar-refractivity contribution is 0.340. The van der Waals surface area contributed by atoms with Crippen molar-refractivity contribution in [3.63, 3.8) is 0 Å². The Morgan fingerprint density at radius 2 is 1.89 bits per heavy atom. The molecule has 0 aliphatic heterocycles. The second kappa shape index (κ2) is 5.95. The molecule has 0 atom stereocenters. The number of rotatable bonds is 5. The number of nitrogens with two attached hydrogens (primary N) is 1. The van der Waals surface area contributed by atoms with E-state index in [1.54, 1.807) is 19.2 Å². The fraction of sp³-hybridized carbons (Fsp3) is 0.214. The molecule has 19 heavy (non-hydrogen) atoms. The Balaban J connectivity index is 2.12. The van der Waals surface area contributed by atoms with Gasteiger partial charge in [0.15, 0.2) is 0 Å². The molecule has 0 radical (unpaired) electrons. The summed E-state index contributed by atoms with van der Waals surface area (Å²) < 4.78 is 10.5. The lowest BCUT2D eigenvalue weighted by Crippen LogP contribution is -1.99. The Bertz CT molecular complexity index is 541. The molecule has 1 aromatic heterocycles. The van der Waals surface area contributed by atoms with Gasteiger partial charge in [0.05, 0.1) is 19.4 Å². The van der Waals surface area contributed by atoms with Crippen LogP contribution >= 0.6 is 0 Å². The molecule has 0 aliphatic rings. The molecular weight excluding hydrogens is 242 g/mol. The number of anilines is 3. The summed E-state index contributed by atoms with van der Waals surface area (Å²) in [6.45, 7) is 2.61. The SMILES string of the molecule is CCOc1ccc(Nc2ccc(N)c(OC)n2)cc1. The number of hydrogen-bond acceptors (Lipinski definition) is 5. The average molecular weight is 259 g/mol. The molecule has 0 saturated carbocycles. The van der Waals surface area contributed by atoms with Crippen LogP contribution in [0.4, 0.5) is 17.2 Å². The van der Waals surface area contributed by atoms with Crippen molar-refractivity contribution in [1.29, 1.82) is 0 Å². The van der Waals surface area contributed by atoms with E-state index in [4.69, 9.17) is 15.2 Å². The number of nitrogens with one attached hydrogen (secondary N) is 1. The zero-order chi connectivity index (χ0) is 13.7. The third kappa shape index (κ3) is 3.28. The molecular formula is C14H17N3O2. The largest absolute Gasteiger partial charge is 0.494 e. The summed E-state index contributed by atoms with van der Waals surface area (Å²) >= 11 is 0. The van der Waals surface area contributed by atoms with Gasteiger partial charge < -0.3 is 20.5 Å². The van der Waals surface area contributed by atoms with Crippen LogP contribution in [-0.2, 0) is 0 Å². The van der Waals surface area contributed by atoms with Crippen molar-refractivity contribution in [3.05, 3.63) is 36.4 Å². The number of benzene rings is 1. The highest BCUT2D eigenvalue weighted by atomic mass is 16.5. The third-order valence-electron chi connectivity index (χ3n) is 2.52. The summed E-state index contributed by atoms with van der Waals surface area (Å²) in [4.78, 5) is 4.26. The Hall–Kier alpha value is -2.43. The molecule has 3 N–H and O–H groups in total. The first-order valence-corrected chi connectivity index (χ1v) is 6.03. The average Bonchev–Trinajstić information content (AvgIpc) is 2.43. The molecule has 0 bridgehead atoms. The monoisotopic (exact) mass is 259 g/mol. The van der Waals surface area contributed by atoms with E-state index in [1.165, 1.54) is 0 Å². The predicted octanol–water partition coefficient (Wildman–Crippen LogP) is 2.81. The maximum atomic E-state index is 5.71. The first-order valence-electron chi connectivity index (χ1n) is 6.03. The molecule has 2 aromatic rings. The topological polar surface area (TPSA) is 69.4 Å². The van der Waals surface area contributed by atoms with E-state index in [0.29, 0.717) is 24.0 Å². The van der Waals surface area contributed by atoms with Gasteiger partial charge in [-0.3, -0.25) is 0 Å². The molecule has 1 heterocycles. The molecule has 5 nitrogen and oxygen atoms in total. The van der Waals surface area contributed by atoms with Crippen LogP contribution in [0, 0.1) is 0 Å². The van der Waals surface area contributed by atoms with Crippen molar-refractivity contribution in [2.24, 2.45) is 0 Å². The minimum absolute atomic E-state index is 0.413. The fourth-order valence-corrected chi connectivity index (χ4v) is 1.63. The van der Waals surface area contributed by atoms with Crippen LogP contribution in [0.1, 0.15) is 6.92 Å². The zero-order valence-corrected chi connectivity index (χ0v) is 11.0. The van der Waals surface area contributed by atoms with Gasteiger partial charge in [-0.25, -0.2) is 0 Å². The van der Waals surface area contributed by atoms with E-state index in [0.717, 1.165) is 11.4 Å². The number of methoxy groups -OCH3 is 1. The maximum Gasteiger partial charge on any atom is 0.238 e. The van der Waals surface area contributed by atoms with Crippen molar-refractivity contribution < 1.29 is 9.47 Å². The van der Waals surface area contributed by atoms with Gasteiger partial charge in [0, 0.05) is 5.69 Å². The lowest BCUT2D eigenvalue weighted by Gasteiger charge is -2.09. The highest BCUT2D eigenvalue weighted by Crippen LogP contribution is 2.23. The molecule has 0 amide bonds. The van der Waals surface area contributed by atoms with E-state index >= 15 is 0 Å². The molecule has 1 aromatic carbocycles. The summed E-state index contributed by atoms with van der Waals surface area (Å²) in [5.74, 6) is 1.93. The van der Waals surface area contributed by atoms with Gasteiger partial charge in [-0.2, -0.15) is 4.98 Å². The first-order chi connectivity index (χ1) is 9.22. The maximum absolute atomic E-state index is 5.71. The van der Waals surface area contributed by atoms with E-state index in [1.807, 2.05) is 31.2 Å². The minimum Gasteiger partial charge on any atom is -0.494 e. The van der Waals surface area contributed by atoms with Crippen molar-refractivity contribution in [2.75, 3.05) is 24.8 Å². The summed E-state index contributed by atoms with van der Waals surface area (Å²) in [5, 5.41) is 3.17. The normalized spacial score (nSPS) is 10.0. The third-order valence-corrected chi connectivity index (χ3v) is 2.52. The smallest absolute Gasteiger partial charge is 0.238 e. The van der Waals surface area contributed by atoms with Gasteiger partial charge in [-0.15, -0.1) is 0 Å². The van der Waals surface area contributed by atoms with E-state index in [2.05, 4.69) is 10.3 Å². The second-order valence-electron chi connectivity index (χ2n) is 3.88. The Morgan fingerprint density at radius 3 is 2.53 bits per heavy atom. The van der Waals surface area contributed by atoms with Gasteiger partial charge in [-0.1, -0.05) is 0 Å². The number of nitrogen functional groups attached to an aromatic ring is 1. The number of aromatic nitrogens is 1. The van der Waals surface area contributed by atoms with E-state index < -0.39 is 0 Å². The Labute approximate surface area is 112 Å². The number of nitrogens with zero attached hydrogens (tertiary/aromatic N) is 1. The molecule has 2 rings (SSSR count). The van der Waals surface area contributed by atoms with Crippen molar-refractivity contribution in [3.8, 4) is 11.6 Å². The van der Waals surface area contributed by atoms with E-state index in [-0.39, 0.29) is 0 Å². The van der Waals surface area contributed by atoms with Crippen molar-refractivity contribution in [2.45, 2.75) is 6.92 Å². The predicted molar refractivity (Wildman–Crippen MR) is 76.1 cm³/mol. The van der Waals surface area contributed by atoms with Gasteiger partial charge in [0.25, 0.3) is 0 Å². The number of ether oxygens (including phenoxy) is 2. The van der Waals surface area contributed by atoms with Gasteiger partial charge in [0.2, 0.25) is 5.88 Å². The minimum atomic E-state index is 0.413. The summed E-state index contributed by atoms with van der Waals surface area (Å²) in [6.07, 6.45) is 0. The summed E-state index contributed by atoms with van der Waals surface area (Å²) in [5.41, 5.74) is 7.15. The molecule has 0 aliphatic carbocycles.